The van der Waals surface area contributed by atoms with Crippen molar-refractivity contribution in [2.24, 2.45) is 5.92 Å². The van der Waals surface area contributed by atoms with Crippen molar-refractivity contribution in [3.8, 4) is 0 Å². The quantitative estimate of drug-likeness (QED) is 0.924. The molecule has 0 aliphatic carbocycles. The van der Waals surface area contributed by atoms with Gasteiger partial charge in [-0.25, -0.2) is 0 Å². The molecule has 3 nitrogen and oxygen atoms in total. The van der Waals surface area contributed by atoms with Crippen LogP contribution in [0.25, 0.3) is 0 Å². The third kappa shape index (κ3) is 8.51. The average Bonchev–Trinajstić information content (AvgIpc) is 2.49. The Balaban J connectivity index is 0.000000211. The number of carbonyl (C=O) groups excluding carboxylic acids is 1. The first-order chi connectivity index (χ1) is 10.1. The number of carbonyl (C=O) groups is 1. The van der Waals surface area contributed by atoms with Crippen molar-refractivity contribution in [1.82, 2.24) is 10.2 Å². The summed E-state index contributed by atoms with van der Waals surface area (Å²) in [6.45, 7) is 7.25. The lowest BCUT2D eigenvalue weighted by atomic mass is 10.0. The molecule has 1 fully saturated rings. The monoisotopic (exact) mass is 290 g/mol. The maximum atomic E-state index is 10.9. The molecule has 2 rings (SSSR count). The molecule has 0 saturated carbocycles. The van der Waals surface area contributed by atoms with Gasteiger partial charge in [0, 0.05) is 7.05 Å². The molecule has 1 aliphatic heterocycles. The van der Waals surface area contributed by atoms with Crippen molar-refractivity contribution in [3.05, 3.63) is 35.9 Å². The summed E-state index contributed by atoms with van der Waals surface area (Å²) in [7, 11) is 1.69. The zero-order valence-electron chi connectivity index (χ0n) is 13.8. The van der Waals surface area contributed by atoms with Gasteiger partial charge in [0.2, 0.25) is 5.91 Å². The van der Waals surface area contributed by atoms with Crippen LogP contribution >= 0.6 is 0 Å². The second kappa shape index (κ2) is 10.4. The molecule has 0 spiro atoms. The van der Waals surface area contributed by atoms with Crippen molar-refractivity contribution in [3.63, 3.8) is 0 Å². The summed E-state index contributed by atoms with van der Waals surface area (Å²) in [5.74, 6) is 0.898. The molecule has 118 valence electrons. The van der Waals surface area contributed by atoms with Crippen molar-refractivity contribution >= 4 is 5.91 Å². The number of amides is 1. The van der Waals surface area contributed by atoms with Crippen LogP contribution < -0.4 is 5.32 Å². The lowest BCUT2D eigenvalue weighted by Gasteiger charge is -2.25. The Labute approximate surface area is 129 Å². The predicted octanol–water partition coefficient (Wildman–Crippen LogP) is 3.10. The van der Waals surface area contributed by atoms with E-state index in [0.717, 1.165) is 19.0 Å². The van der Waals surface area contributed by atoms with Crippen molar-refractivity contribution in [2.45, 2.75) is 39.5 Å². The van der Waals surface area contributed by atoms with Crippen LogP contribution in [0.2, 0.25) is 0 Å². The first-order valence-corrected chi connectivity index (χ1v) is 8.08. The average molecular weight is 290 g/mol. The number of benzene rings is 1. The Morgan fingerprint density at radius 1 is 1.14 bits per heavy atom. The molecule has 1 aliphatic rings. The highest BCUT2D eigenvalue weighted by Crippen LogP contribution is 2.07. The Morgan fingerprint density at radius 2 is 1.76 bits per heavy atom. The van der Waals surface area contributed by atoms with Crippen LogP contribution in [0.15, 0.2) is 30.3 Å². The third-order valence-electron chi connectivity index (χ3n) is 3.58. The van der Waals surface area contributed by atoms with Gasteiger partial charge >= 0.3 is 0 Å². The summed E-state index contributed by atoms with van der Waals surface area (Å²) in [6.07, 6.45) is 5.01. The zero-order chi connectivity index (χ0) is 15.5. The molecule has 1 aromatic rings. The van der Waals surface area contributed by atoms with Gasteiger partial charge in [-0.15, -0.1) is 0 Å². The van der Waals surface area contributed by atoms with E-state index in [1.165, 1.54) is 31.2 Å². The van der Waals surface area contributed by atoms with E-state index in [0.29, 0.717) is 6.54 Å². The Kier molecular flexibility index (Phi) is 8.76. The molecule has 21 heavy (non-hydrogen) atoms. The molecule has 3 heteroatoms. The predicted molar refractivity (Wildman–Crippen MR) is 89.3 cm³/mol. The van der Waals surface area contributed by atoms with Crippen LogP contribution in [0.4, 0.5) is 0 Å². The van der Waals surface area contributed by atoms with E-state index < -0.39 is 0 Å². The van der Waals surface area contributed by atoms with E-state index >= 15 is 0 Å². The Bertz CT molecular complexity index is 383. The smallest absolute Gasteiger partial charge is 0.233 e. The second-order valence-electron chi connectivity index (χ2n) is 6.09. The normalized spacial score (nSPS) is 15.2. The van der Waals surface area contributed by atoms with Crippen LogP contribution in [-0.2, 0) is 11.2 Å². The summed E-state index contributed by atoms with van der Waals surface area (Å²) in [5.41, 5.74) is 1.44. The molecule has 1 heterocycles. The van der Waals surface area contributed by atoms with Crippen LogP contribution in [0.3, 0.4) is 0 Å². The molecule has 0 unspecified atom stereocenters. The van der Waals surface area contributed by atoms with Gasteiger partial charge in [0.05, 0.1) is 6.54 Å². The van der Waals surface area contributed by atoms with Gasteiger partial charge in [-0.3, -0.25) is 9.69 Å². The van der Waals surface area contributed by atoms with Gasteiger partial charge in [-0.1, -0.05) is 50.6 Å². The molecule has 0 aromatic heterocycles. The fourth-order valence-corrected chi connectivity index (χ4v) is 2.49. The number of likely N-dealkylation sites (N-methyl/N-ethyl adjacent to an activating group) is 1. The lowest BCUT2D eigenvalue weighted by Crippen LogP contribution is -2.38. The summed E-state index contributed by atoms with van der Waals surface area (Å²) in [4.78, 5) is 13.1. The highest BCUT2D eigenvalue weighted by Gasteiger charge is 2.12. The summed E-state index contributed by atoms with van der Waals surface area (Å²) < 4.78 is 0. The molecule has 1 N–H and O–H groups in total. The van der Waals surface area contributed by atoms with E-state index in [9.17, 15) is 4.79 Å². The number of hydrogen-bond acceptors (Lipinski definition) is 2. The van der Waals surface area contributed by atoms with E-state index in [-0.39, 0.29) is 5.91 Å². The summed E-state index contributed by atoms with van der Waals surface area (Å²) in [5, 5.41) is 2.63. The molecule has 0 atom stereocenters. The van der Waals surface area contributed by atoms with Crippen LogP contribution in [0.1, 0.15) is 38.7 Å². The van der Waals surface area contributed by atoms with Crippen molar-refractivity contribution in [1.29, 1.82) is 0 Å². The van der Waals surface area contributed by atoms with Crippen LogP contribution in [-0.4, -0.2) is 37.5 Å². The maximum Gasteiger partial charge on any atom is 0.233 e. The van der Waals surface area contributed by atoms with Gasteiger partial charge in [-0.2, -0.15) is 0 Å². The maximum absolute atomic E-state index is 10.9. The molecule has 0 radical (unpaired) electrons. The minimum Gasteiger partial charge on any atom is -0.358 e. The number of nitrogens with one attached hydrogen (secondary N) is 1. The van der Waals surface area contributed by atoms with Crippen molar-refractivity contribution < 1.29 is 4.79 Å². The second-order valence-corrected chi connectivity index (χ2v) is 6.09. The zero-order valence-corrected chi connectivity index (χ0v) is 13.8. The van der Waals surface area contributed by atoms with Crippen LogP contribution in [0, 0.1) is 5.92 Å². The summed E-state index contributed by atoms with van der Waals surface area (Å²) in [6, 6.07) is 10.6. The van der Waals surface area contributed by atoms with Gasteiger partial charge in [0.25, 0.3) is 0 Å². The lowest BCUT2D eigenvalue weighted by molar-refractivity contribution is -0.121. The molecule has 1 amide bonds. The number of piperidine rings is 1. The Hall–Kier alpha value is -1.35. The van der Waals surface area contributed by atoms with Crippen molar-refractivity contribution in [2.75, 3.05) is 26.7 Å². The number of nitrogens with zero attached hydrogens (tertiary/aromatic N) is 1. The van der Waals surface area contributed by atoms with E-state index in [2.05, 4.69) is 54.4 Å². The van der Waals surface area contributed by atoms with Gasteiger partial charge < -0.3 is 5.32 Å². The highest BCUT2D eigenvalue weighted by atomic mass is 16.1. The van der Waals surface area contributed by atoms with E-state index in [4.69, 9.17) is 0 Å². The SMILES string of the molecule is CC(C)Cc1ccccc1.CNC(=O)CN1CCCCC1. The van der Waals surface area contributed by atoms with Crippen LogP contribution in [0.5, 0.6) is 0 Å². The fraction of sp³-hybridized carbons (Fsp3) is 0.611. The number of hydrogen-bond donors (Lipinski definition) is 1. The first kappa shape index (κ1) is 17.7. The fourth-order valence-electron chi connectivity index (χ4n) is 2.49. The molecule has 1 saturated heterocycles. The standard InChI is InChI=1S/C10H14.C8H16N2O/c1-9(2)8-10-6-4-3-5-7-10;1-9-8(11)7-10-5-3-2-4-6-10/h3-7,9H,8H2,1-2H3;2-7H2,1H3,(H,9,11). The highest BCUT2D eigenvalue weighted by molar-refractivity contribution is 5.77. The summed E-state index contributed by atoms with van der Waals surface area (Å²) >= 11 is 0. The van der Waals surface area contributed by atoms with Gasteiger partial charge in [0.15, 0.2) is 0 Å². The minimum atomic E-state index is 0.131. The number of likely N-dealkylation sites (tertiary alicyclic amines) is 1. The topological polar surface area (TPSA) is 32.3 Å². The van der Waals surface area contributed by atoms with Gasteiger partial charge in [0.1, 0.15) is 0 Å². The molecular formula is C18H30N2O. The largest absolute Gasteiger partial charge is 0.358 e. The number of rotatable bonds is 4. The third-order valence-corrected chi connectivity index (χ3v) is 3.58. The van der Waals surface area contributed by atoms with Gasteiger partial charge in [-0.05, 0) is 43.8 Å². The van der Waals surface area contributed by atoms with E-state index in [1.807, 2.05) is 0 Å². The first-order valence-electron chi connectivity index (χ1n) is 8.08. The van der Waals surface area contributed by atoms with E-state index in [1.54, 1.807) is 7.05 Å². The Morgan fingerprint density at radius 3 is 2.29 bits per heavy atom. The molecule has 1 aromatic carbocycles. The minimum absolute atomic E-state index is 0.131. The molecular weight excluding hydrogens is 260 g/mol. The molecule has 0 bridgehead atoms.